The fourth-order valence-electron chi connectivity index (χ4n) is 4.59. The van der Waals surface area contributed by atoms with Crippen molar-refractivity contribution < 1.29 is 9.72 Å². The maximum absolute atomic E-state index is 12.3. The number of nitro groups is 1. The van der Waals surface area contributed by atoms with Crippen LogP contribution in [-0.2, 0) is 18.4 Å². The van der Waals surface area contributed by atoms with Gasteiger partial charge in [-0.3, -0.25) is 24.7 Å². The van der Waals surface area contributed by atoms with Gasteiger partial charge in [-0.05, 0) is 23.3 Å². The molecule has 0 saturated carbocycles. The Morgan fingerprint density at radius 3 is 2.57 bits per heavy atom. The Morgan fingerprint density at radius 2 is 1.86 bits per heavy atom. The number of carbonyl (C=O) groups excluding carboxylic acids is 1. The molecule has 176 valence electrons. The lowest BCUT2D eigenvalue weighted by atomic mass is 9.91. The van der Waals surface area contributed by atoms with Crippen LogP contribution < -0.4 is 5.56 Å². The number of hydrogen-bond donors (Lipinski definition) is 0. The Hall–Kier alpha value is -4.40. The summed E-state index contributed by atoms with van der Waals surface area (Å²) in [7, 11) is 1.49. The number of rotatable bonds is 5. The van der Waals surface area contributed by atoms with Crippen molar-refractivity contribution in [3.8, 4) is 11.4 Å². The molecule has 9 nitrogen and oxygen atoms in total. The number of aromatic nitrogens is 3. The summed E-state index contributed by atoms with van der Waals surface area (Å²) in [5.74, 6) is 0.674. The summed E-state index contributed by atoms with van der Waals surface area (Å²) in [5.41, 5.74) is 3.68. The maximum atomic E-state index is 12.3. The van der Waals surface area contributed by atoms with E-state index in [1.165, 1.54) is 17.7 Å². The molecule has 9 heteroatoms. The molecule has 2 aromatic heterocycles. The van der Waals surface area contributed by atoms with Gasteiger partial charge in [-0.2, -0.15) is 0 Å². The first-order valence-corrected chi connectivity index (χ1v) is 11.3. The molecule has 0 N–H and O–H groups in total. The third-order valence-electron chi connectivity index (χ3n) is 6.27. The van der Waals surface area contributed by atoms with E-state index in [1.807, 2.05) is 60.0 Å². The van der Waals surface area contributed by atoms with Gasteiger partial charge in [0.25, 0.3) is 0 Å². The zero-order valence-electron chi connectivity index (χ0n) is 19.3. The van der Waals surface area contributed by atoms with Crippen molar-refractivity contribution in [2.75, 3.05) is 6.54 Å². The van der Waals surface area contributed by atoms with Gasteiger partial charge in [-0.1, -0.05) is 43.3 Å². The van der Waals surface area contributed by atoms with Gasteiger partial charge in [0.15, 0.2) is 5.78 Å². The molecule has 0 aliphatic carbocycles. The molecule has 5 rings (SSSR count). The number of benzene rings is 2. The van der Waals surface area contributed by atoms with Gasteiger partial charge in [0, 0.05) is 49.5 Å². The van der Waals surface area contributed by atoms with Gasteiger partial charge in [0.1, 0.15) is 5.82 Å². The predicted molar refractivity (Wildman–Crippen MR) is 133 cm³/mol. The highest BCUT2D eigenvalue weighted by atomic mass is 16.6. The fraction of sp³-hybridized carbons (Fsp3) is 0.231. The molecular formula is C26H23N5O4. The van der Waals surface area contributed by atoms with E-state index in [1.54, 1.807) is 6.20 Å². The third-order valence-corrected chi connectivity index (χ3v) is 6.27. The second-order valence-corrected chi connectivity index (χ2v) is 8.84. The topological polar surface area (TPSA) is 112 Å². The van der Waals surface area contributed by atoms with Crippen LogP contribution in [0.25, 0.3) is 22.4 Å². The minimum atomic E-state index is -0.675. The lowest BCUT2D eigenvalue weighted by Gasteiger charge is -2.18. The van der Waals surface area contributed by atoms with Crippen molar-refractivity contribution >= 4 is 28.2 Å². The van der Waals surface area contributed by atoms with E-state index in [2.05, 4.69) is 4.99 Å². The van der Waals surface area contributed by atoms with Crippen LogP contribution in [0.15, 0.2) is 70.6 Å². The number of aryl methyl sites for hydroxylation is 1. The zero-order valence-corrected chi connectivity index (χ0v) is 19.3. The number of Topliss-reactive ketones (excluding diaryl/α,β-unsaturated/α-hetero) is 1. The number of carbonyl (C=O) groups is 1. The third kappa shape index (κ3) is 4.16. The summed E-state index contributed by atoms with van der Waals surface area (Å²) in [4.78, 5) is 44.2. The Labute approximate surface area is 200 Å². The van der Waals surface area contributed by atoms with E-state index in [0.717, 1.165) is 22.4 Å². The molecule has 1 unspecified atom stereocenters. The van der Waals surface area contributed by atoms with E-state index in [-0.39, 0.29) is 18.2 Å². The Kier molecular flexibility index (Phi) is 5.60. The molecule has 0 saturated heterocycles. The van der Waals surface area contributed by atoms with Gasteiger partial charge in [0.2, 0.25) is 0 Å². The number of hydrogen-bond acceptors (Lipinski definition) is 6. The number of aliphatic imine (C=N–C) groups is 1. The zero-order chi connectivity index (χ0) is 24.7. The van der Waals surface area contributed by atoms with E-state index < -0.39 is 16.2 Å². The van der Waals surface area contributed by atoms with Gasteiger partial charge in [-0.15, -0.1) is 0 Å². The Bertz CT molecular complexity index is 1570. The van der Waals surface area contributed by atoms with E-state index >= 15 is 0 Å². The van der Waals surface area contributed by atoms with E-state index in [4.69, 9.17) is 4.98 Å². The number of pyridine rings is 1. The van der Waals surface area contributed by atoms with Crippen LogP contribution in [0, 0.1) is 16.0 Å². The van der Waals surface area contributed by atoms with Gasteiger partial charge < -0.3 is 9.13 Å². The van der Waals surface area contributed by atoms with E-state index in [9.17, 15) is 19.7 Å². The smallest absolute Gasteiger partial charge is 0.319 e. The molecule has 1 aliphatic heterocycles. The van der Waals surface area contributed by atoms with Crippen molar-refractivity contribution in [3.05, 3.63) is 92.4 Å². The summed E-state index contributed by atoms with van der Waals surface area (Å²) >= 11 is 0. The summed E-state index contributed by atoms with van der Waals surface area (Å²) in [5, 5.41) is 11.5. The molecule has 35 heavy (non-hydrogen) atoms. The highest BCUT2D eigenvalue weighted by Crippen LogP contribution is 2.29. The average Bonchev–Trinajstić information content (AvgIpc) is 3.18. The summed E-state index contributed by atoms with van der Waals surface area (Å²) in [6.07, 6.45) is 2.03. The molecule has 0 fully saturated rings. The average molecular weight is 470 g/mol. The maximum Gasteiger partial charge on any atom is 0.334 e. The largest absolute Gasteiger partial charge is 0.334 e. The number of ketones is 1. The molecule has 1 aliphatic rings. The standard InChI is InChI=1S/C26H23N5O4/c1-16-10-20(32)13-27-24(16)18-8-9-22-21(11-18)28-25(30(22)14-17-6-4-3-5-7-17)19-12-23(31(34)35)26(33)29(2)15-19/h3-9,11-12,15-16H,10,13-14H2,1-2H3. The molecular weight excluding hydrogens is 446 g/mol. The highest BCUT2D eigenvalue weighted by Gasteiger charge is 2.24. The molecule has 0 spiro atoms. The van der Waals surface area contributed by atoms with Crippen LogP contribution in [0.2, 0.25) is 0 Å². The Morgan fingerprint density at radius 1 is 1.09 bits per heavy atom. The minimum Gasteiger partial charge on any atom is -0.319 e. The summed E-state index contributed by atoms with van der Waals surface area (Å²) in [6, 6.07) is 17.0. The Balaban J connectivity index is 1.70. The number of nitrogens with zero attached hydrogens (tertiary/aromatic N) is 5. The fourth-order valence-corrected chi connectivity index (χ4v) is 4.59. The lowest BCUT2D eigenvalue weighted by Crippen LogP contribution is -2.24. The van der Waals surface area contributed by atoms with Crippen molar-refractivity contribution in [3.63, 3.8) is 0 Å². The van der Waals surface area contributed by atoms with Crippen molar-refractivity contribution in [1.29, 1.82) is 0 Å². The van der Waals surface area contributed by atoms with Gasteiger partial charge >= 0.3 is 11.2 Å². The minimum absolute atomic E-state index is 0.0193. The molecule has 0 bridgehead atoms. The second kappa shape index (κ2) is 8.75. The van der Waals surface area contributed by atoms with Crippen molar-refractivity contribution in [1.82, 2.24) is 14.1 Å². The first-order chi connectivity index (χ1) is 16.8. The SMILES string of the molecule is CC1CC(=O)CN=C1c1ccc2c(c1)nc(-c1cc([N+](=O)[O-])c(=O)n(C)c1)n2Cc1ccccc1. The quantitative estimate of drug-likeness (QED) is 0.326. The summed E-state index contributed by atoms with van der Waals surface area (Å²) in [6.45, 7) is 2.67. The van der Waals surface area contributed by atoms with Gasteiger partial charge in [0.05, 0.1) is 22.5 Å². The van der Waals surface area contributed by atoms with Gasteiger partial charge in [-0.25, -0.2) is 4.98 Å². The van der Waals surface area contributed by atoms with Crippen molar-refractivity contribution in [2.45, 2.75) is 19.9 Å². The monoisotopic (exact) mass is 469 g/mol. The van der Waals surface area contributed by atoms with Crippen LogP contribution in [0.4, 0.5) is 5.69 Å². The van der Waals surface area contributed by atoms with E-state index in [0.29, 0.717) is 29.9 Å². The molecule has 4 aromatic rings. The molecule has 1 atom stereocenters. The number of imidazole rings is 1. The first-order valence-electron chi connectivity index (χ1n) is 11.3. The highest BCUT2D eigenvalue weighted by molar-refractivity contribution is 6.08. The summed E-state index contributed by atoms with van der Waals surface area (Å²) < 4.78 is 3.20. The molecule has 0 amide bonds. The lowest BCUT2D eigenvalue weighted by molar-refractivity contribution is -0.386. The molecule has 3 heterocycles. The predicted octanol–water partition coefficient (Wildman–Crippen LogP) is 3.76. The van der Waals surface area contributed by atoms with Crippen LogP contribution in [0.3, 0.4) is 0 Å². The second-order valence-electron chi connectivity index (χ2n) is 8.84. The molecule has 2 aromatic carbocycles. The molecule has 0 radical (unpaired) electrons. The van der Waals surface area contributed by atoms with Crippen LogP contribution >= 0.6 is 0 Å². The first kappa shape index (κ1) is 22.4. The number of fused-ring (bicyclic) bond motifs is 1. The van der Waals surface area contributed by atoms with Crippen LogP contribution in [0.5, 0.6) is 0 Å². The van der Waals surface area contributed by atoms with Crippen LogP contribution in [0.1, 0.15) is 24.5 Å². The normalized spacial score (nSPS) is 15.9. The van der Waals surface area contributed by atoms with Crippen molar-refractivity contribution in [2.24, 2.45) is 18.0 Å². The van der Waals surface area contributed by atoms with Crippen LogP contribution in [-0.4, -0.2) is 37.1 Å².